The molecule has 0 amide bonds. The van der Waals surface area contributed by atoms with Crippen molar-refractivity contribution in [3.05, 3.63) is 0 Å². The van der Waals surface area contributed by atoms with Gasteiger partial charge >= 0.3 is 0 Å². The summed E-state index contributed by atoms with van der Waals surface area (Å²) in [6.07, 6.45) is 0.604. The standard InChI is InChI=1S/C9H14N2O/c1-7-6-11(8(2)5-10)4-3-9(7)12/h7-8H,3-4,6H2,1-2H3. The van der Waals surface area contributed by atoms with Gasteiger partial charge < -0.3 is 0 Å². The van der Waals surface area contributed by atoms with Crippen molar-refractivity contribution < 1.29 is 4.79 Å². The van der Waals surface area contributed by atoms with Crippen molar-refractivity contribution in [3.63, 3.8) is 0 Å². The van der Waals surface area contributed by atoms with Crippen LogP contribution in [0.4, 0.5) is 0 Å². The predicted molar refractivity (Wildman–Crippen MR) is 45.4 cm³/mol. The largest absolute Gasteiger partial charge is 0.299 e. The molecule has 0 spiro atoms. The fourth-order valence-electron chi connectivity index (χ4n) is 1.48. The van der Waals surface area contributed by atoms with Gasteiger partial charge in [-0.05, 0) is 6.92 Å². The van der Waals surface area contributed by atoms with Crippen LogP contribution in [0.1, 0.15) is 20.3 Å². The number of carbonyl (C=O) groups excluding carboxylic acids is 1. The zero-order valence-corrected chi connectivity index (χ0v) is 7.58. The van der Waals surface area contributed by atoms with Crippen molar-refractivity contribution in [2.75, 3.05) is 13.1 Å². The van der Waals surface area contributed by atoms with E-state index in [1.165, 1.54) is 0 Å². The van der Waals surface area contributed by atoms with Gasteiger partial charge in [-0.2, -0.15) is 5.26 Å². The Hall–Kier alpha value is -0.880. The van der Waals surface area contributed by atoms with Gasteiger partial charge in [0.25, 0.3) is 0 Å². The molecule has 1 fully saturated rings. The summed E-state index contributed by atoms with van der Waals surface area (Å²) in [5, 5.41) is 8.66. The Morgan fingerprint density at radius 3 is 2.92 bits per heavy atom. The maximum absolute atomic E-state index is 11.1. The van der Waals surface area contributed by atoms with Crippen molar-refractivity contribution in [2.45, 2.75) is 26.3 Å². The van der Waals surface area contributed by atoms with Gasteiger partial charge in [0, 0.05) is 25.4 Å². The fourth-order valence-corrected chi connectivity index (χ4v) is 1.48. The minimum atomic E-state index is -0.0550. The summed E-state index contributed by atoms with van der Waals surface area (Å²) in [4.78, 5) is 13.2. The SMILES string of the molecule is CC1CN(C(C)C#N)CCC1=O. The van der Waals surface area contributed by atoms with Gasteiger partial charge in [0.05, 0.1) is 12.1 Å². The predicted octanol–water partition coefficient (Wildman–Crippen LogP) is 0.809. The third-order valence-electron chi connectivity index (χ3n) is 2.44. The molecule has 66 valence electrons. The van der Waals surface area contributed by atoms with Crippen LogP contribution in [0.5, 0.6) is 0 Å². The van der Waals surface area contributed by atoms with E-state index in [9.17, 15) is 4.79 Å². The number of rotatable bonds is 1. The Bertz CT molecular complexity index is 219. The lowest BCUT2D eigenvalue weighted by molar-refractivity contribution is -0.125. The zero-order valence-electron chi connectivity index (χ0n) is 7.58. The molecular formula is C9H14N2O. The first-order valence-corrected chi connectivity index (χ1v) is 4.31. The minimum Gasteiger partial charge on any atom is -0.299 e. The van der Waals surface area contributed by atoms with Crippen LogP contribution in [0.25, 0.3) is 0 Å². The number of ketones is 1. The van der Waals surface area contributed by atoms with Crippen molar-refractivity contribution in [1.82, 2.24) is 4.90 Å². The summed E-state index contributed by atoms with van der Waals surface area (Å²) in [5.74, 6) is 0.436. The van der Waals surface area contributed by atoms with Gasteiger partial charge in [0.1, 0.15) is 5.78 Å². The Morgan fingerprint density at radius 2 is 2.42 bits per heavy atom. The third-order valence-corrected chi connectivity index (χ3v) is 2.44. The van der Waals surface area contributed by atoms with E-state index in [0.29, 0.717) is 12.2 Å². The highest BCUT2D eigenvalue weighted by atomic mass is 16.1. The maximum Gasteiger partial charge on any atom is 0.138 e. The first-order valence-electron chi connectivity index (χ1n) is 4.31. The molecule has 1 heterocycles. The molecule has 0 radical (unpaired) electrons. The third kappa shape index (κ3) is 1.83. The Morgan fingerprint density at radius 1 is 1.75 bits per heavy atom. The Kier molecular flexibility index (Phi) is 2.83. The summed E-state index contributed by atoms with van der Waals surface area (Å²) in [6, 6.07) is 2.13. The molecule has 0 aliphatic carbocycles. The maximum atomic E-state index is 11.1. The zero-order chi connectivity index (χ0) is 9.14. The molecule has 1 saturated heterocycles. The van der Waals surface area contributed by atoms with Crippen LogP contribution in [-0.4, -0.2) is 29.8 Å². The summed E-state index contributed by atoms with van der Waals surface area (Å²) in [5.41, 5.74) is 0. The molecule has 12 heavy (non-hydrogen) atoms. The molecule has 1 aliphatic rings. The van der Waals surface area contributed by atoms with Crippen LogP contribution in [0.2, 0.25) is 0 Å². The van der Waals surface area contributed by atoms with E-state index in [-0.39, 0.29) is 12.0 Å². The molecule has 2 atom stereocenters. The van der Waals surface area contributed by atoms with Crippen LogP contribution < -0.4 is 0 Å². The molecule has 0 aromatic rings. The lowest BCUT2D eigenvalue weighted by atomic mass is 9.98. The molecule has 0 saturated carbocycles. The second-order valence-electron chi connectivity index (χ2n) is 3.42. The highest BCUT2D eigenvalue weighted by molar-refractivity contribution is 5.81. The number of likely N-dealkylation sites (tertiary alicyclic amines) is 1. The molecule has 0 N–H and O–H groups in total. The molecule has 2 unspecified atom stereocenters. The number of Topliss-reactive ketones (excluding diaryl/α,β-unsaturated/α-hetero) is 1. The number of nitrogens with zero attached hydrogens (tertiary/aromatic N) is 2. The lowest BCUT2D eigenvalue weighted by Gasteiger charge is -2.31. The van der Waals surface area contributed by atoms with Gasteiger partial charge in [-0.25, -0.2) is 0 Å². The average molecular weight is 166 g/mol. The smallest absolute Gasteiger partial charge is 0.138 e. The van der Waals surface area contributed by atoms with Gasteiger partial charge in [-0.15, -0.1) is 0 Å². The molecule has 3 heteroatoms. The molecule has 0 aromatic heterocycles. The first kappa shape index (κ1) is 9.21. The number of hydrogen-bond donors (Lipinski definition) is 0. The summed E-state index contributed by atoms with van der Waals surface area (Å²) in [6.45, 7) is 5.30. The fraction of sp³-hybridized carbons (Fsp3) is 0.778. The number of hydrogen-bond acceptors (Lipinski definition) is 3. The van der Waals surface area contributed by atoms with E-state index in [4.69, 9.17) is 5.26 Å². The number of piperidine rings is 1. The molecule has 1 aliphatic heterocycles. The van der Waals surface area contributed by atoms with Crippen molar-refractivity contribution in [1.29, 1.82) is 5.26 Å². The van der Waals surface area contributed by atoms with Crippen molar-refractivity contribution >= 4 is 5.78 Å². The van der Waals surface area contributed by atoms with Crippen molar-refractivity contribution in [3.8, 4) is 6.07 Å². The molecular weight excluding hydrogens is 152 g/mol. The highest BCUT2D eigenvalue weighted by Gasteiger charge is 2.25. The molecule has 0 aromatic carbocycles. The van der Waals surface area contributed by atoms with Gasteiger partial charge in [-0.1, -0.05) is 6.92 Å². The van der Waals surface area contributed by atoms with Crippen LogP contribution in [0, 0.1) is 17.2 Å². The van der Waals surface area contributed by atoms with Gasteiger partial charge in [0.15, 0.2) is 0 Å². The summed E-state index contributed by atoms with van der Waals surface area (Å²) < 4.78 is 0. The lowest BCUT2D eigenvalue weighted by Crippen LogP contribution is -2.43. The van der Waals surface area contributed by atoms with E-state index in [1.54, 1.807) is 0 Å². The topological polar surface area (TPSA) is 44.1 Å². The summed E-state index contributed by atoms with van der Waals surface area (Å²) >= 11 is 0. The monoisotopic (exact) mass is 166 g/mol. The van der Waals surface area contributed by atoms with Crippen LogP contribution >= 0.6 is 0 Å². The number of carbonyl (C=O) groups is 1. The highest BCUT2D eigenvalue weighted by Crippen LogP contribution is 2.14. The summed E-state index contributed by atoms with van der Waals surface area (Å²) in [7, 11) is 0. The van der Waals surface area contributed by atoms with Crippen LogP contribution in [-0.2, 0) is 4.79 Å². The van der Waals surface area contributed by atoms with Gasteiger partial charge in [0.2, 0.25) is 0 Å². The van der Waals surface area contributed by atoms with Crippen LogP contribution in [0.3, 0.4) is 0 Å². The van der Waals surface area contributed by atoms with Crippen molar-refractivity contribution in [2.24, 2.45) is 5.92 Å². The quantitative estimate of drug-likeness (QED) is 0.579. The van der Waals surface area contributed by atoms with Gasteiger partial charge in [-0.3, -0.25) is 9.69 Å². The van der Waals surface area contributed by atoms with E-state index in [0.717, 1.165) is 13.1 Å². The van der Waals surface area contributed by atoms with E-state index >= 15 is 0 Å². The average Bonchev–Trinajstić information content (AvgIpc) is 2.08. The second-order valence-corrected chi connectivity index (χ2v) is 3.42. The first-order chi connectivity index (χ1) is 5.65. The van der Waals surface area contributed by atoms with E-state index < -0.39 is 0 Å². The van der Waals surface area contributed by atoms with Crippen LogP contribution in [0.15, 0.2) is 0 Å². The number of nitriles is 1. The Labute approximate surface area is 73.0 Å². The normalized spacial score (nSPS) is 28.1. The molecule has 0 bridgehead atoms. The molecule has 1 rings (SSSR count). The van der Waals surface area contributed by atoms with E-state index in [1.807, 2.05) is 13.8 Å². The second kappa shape index (κ2) is 3.68. The minimum absolute atomic E-state index is 0.0550. The van der Waals surface area contributed by atoms with E-state index in [2.05, 4.69) is 11.0 Å². The molecule has 3 nitrogen and oxygen atoms in total. The Balaban J connectivity index is 2.52.